The molecule has 4 nitrogen and oxygen atoms in total. The number of aromatic nitrogens is 1. The number of para-hydroxylation sites is 1. The number of nitrogens with one attached hydrogen (secondary N) is 1. The highest BCUT2D eigenvalue weighted by Crippen LogP contribution is 2.30. The van der Waals surface area contributed by atoms with Crippen molar-refractivity contribution in [1.29, 1.82) is 0 Å². The minimum Gasteiger partial charge on any atom is -0.493 e. The van der Waals surface area contributed by atoms with Crippen LogP contribution in [-0.2, 0) is 6.42 Å². The lowest BCUT2D eigenvalue weighted by molar-refractivity contribution is 0.340. The summed E-state index contributed by atoms with van der Waals surface area (Å²) in [6.07, 6.45) is 2.55. The van der Waals surface area contributed by atoms with E-state index in [9.17, 15) is 0 Å². The second kappa shape index (κ2) is 7.10. The standard InChI is InChI=1S/C16H22N2O2/c1-4-19-14-8-6-5-7-13(14)15-11-18-16(20-15)9-10-17-12(2)3/h5-8,11-12,17H,4,9-10H2,1-3H3. The van der Waals surface area contributed by atoms with E-state index in [2.05, 4.69) is 24.1 Å². The Morgan fingerprint density at radius 2 is 2.10 bits per heavy atom. The highest BCUT2D eigenvalue weighted by Gasteiger charge is 2.11. The SMILES string of the molecule is CCOc1ccccc1-c1cnc(CCNC(C)C)o1. The van der Waals surface area contributed by atoms with Gasteiger partial charge < -0.3 is 14.5 Å². The first kappa shape index (κ1) is 14.6. The molecule has 1 N–H and O–H groups in total. The van der Waals surface area contributed by atoms with Crippen molar-refractivity contribution in [1.82, 2.24) is 10.3 Å². The third-order valence-corrected chi connectivity index (χ3v) is 2.90. The summed E-state index contributed by atoms with van der Waals surface area (Å²) in [5.41, 5.74) is 0.949. The van der Waals surface area contributed by atoms with Gasteiger partial charge in [-0.3, -0.25) is 0 Å². The molecule has 1 aromatic carbocycles. The molecule has 0 aliphatic heterocycles. The molecular weight excluding hydrogens is 252 g/mol. The molecule has 0 saturated carbocycles. The third-order valence-electron chi connectivity index (χ3n) is 2.90. The molecule has 0 spiro atoms. The number of ether oxygens (including phenoxy) is 1. The first-order valence-electron chi connectivity index (χ1n) is 7.11. The molecule has 2 aromatic rings. The Balaban J connectivity index is 2.08. The molecular formula is C16H22N2O2. The van der Waals surface area contributed by atoms with E-state index in [1.54, 1.807) is 6.20 Å². The van der Waals surface area contributed by atoms with Crippen LogP contribution in [0.2, 0.25) is 0 Å². The van der Waals surface area contributed by atoms with Gasteiger partial charge in [0.2, 0.25) is 0 Å². The Hall–Kier alpha value is -1.81. The summed E-state index contributed by atoms with van der Waals surface area (Å²) in [4.78, 5) is 4.33. The van der Waals surface area contributed by atoms with Gasteiger partial charge in [-0.2, -0.15) is 0 Å². The fourth-order valence-corrected chi connectivity index (χ4v) is 1.97. The highest BCUT2D eigenvalue weighted by atomic mass is 16.5. The predicted molar refractivity (Wildman–Crippen MR) is 80.0 cm³/mol. The number of benzene rings is 1. The number of nitrogens with zero attached hydrogens (tertiary/aromatic N) is 1. The molecule has 0 amide bonds. The van der Waals surface area contributed by atoms with Crippen LogP contribution in [0, 0.1) is 0 Å². The lowest BCUT2D eigenvalue weighted by Gasteiger charge is -2.07. The van der Waals surface area contributed by atoms with Gasteiger partial charge in [-0.25, -0.2) is 4.98 Å². The highest BCUT2D eigenvalue weighted by molar-refractivity contribution is 5.64. The van der Waals surface area contributed by atoms with Gasteiger partial charge in [0.15, 0.2) is 11.7 Å². The summed E-state index contributed by atoms with van der Waals surface area (Å²) in [5, 5.41) is 3.35. The van der Waals surface area contributed by atoms with Gasteiger partial charge in [0.05, 0.1) is 18.4 Å². The Bertz CT molecular complexity index is 535. The van der Waals surface area contributed by atoms with Crippen molar-refractivity contribution < 1.29 is 9.15 Å². The molecule has 0 unspecified atom stereocenters. The van der Waals surface area contributed by atoms with Gasteiger partial charge in [-0.1, -0.05) is 26.0 Å². The van der Waals surface area contributed by atoms with Crippen LogP contribution in [0.25, 0.3) is 11.3 Å². The first-order chi connectivity index (χ1) is 9.70. The topological polar surface area (TPSA) is 47.3 Å². The summed E-state index contributed by atoms with van der Waals surface area (Å²) in [7, 11) is 0. The number of hydrogen-bond acceptors (Lipinski definition) is 4. The fraction of sp³-hybridized carbons (Fsp3) is 0.438. The van der Waals surface area contributed by atoms with E-state index in [-0.39, 0.29) is 0 Å². The maximum absolute atomic E-state index is 5.81. The monoisotopic (exact) mass is 274 g/mol. The van der Waals surface area contributed by atoms with Crippen LogP contribution in [-0.4, -0.2) is 24.2 Å². The van der Waals surface area contributed by atoms with E-state index in [1.807, 2.05) is 31.2 Å². The fourth-order valence-electron chi connectivity index (χ4n) is 1.97. The second-order valence-corrected chi connectivity index (χ2v) is 4.91. The zero-order chi connectivity index (χ0) is 14.4. The van der Waals surface area contributed by atoms with Gasteiger partial charge in [0.1, 0.15) is 5.75 Å². The predicted octanol–water partition coefficient (Wildman–Crippen LogP) is 3.28. The molecule has 0 saturated heterocycles. The Morgan fingerprint density at radius 1 is 1.30 bits per heavy atom. The van der Waals surface area contributed by atoms with Crippen molar-refractivity contribution in [3.8, 4) is 17.1 Å². The molecule has 0 radical (unpaired) electrons. The Labute approximate surface area is 120 Å². The van der Waals surface area contributed by atoms with E-state index in [0.29, 0.717) is 12.6 Å². The van der Waals surface area contributed by atoms with Gasteiger partial charge in [0, 0.05) is 19.0 Å². The molecule has 1 aromatic heterocycles. The molecule has 0 aliphatic carbocycles. The Morgan fingerprint density at radius 3 is 2.85 bits per heavy atom. The molecule has 0 atom stereocenters. The summed E-state index contributed by atoms with van der Waals surface area (Å²) in [5.74, 6) is 2.34. The van der Waals surface area contributed by atoms with Crippen molar-refractivity contribution in [3.63, 3.8) is 0 Å². The van der Waals surface area contributed by atoms with E-state index in [0.717, 1.165) is 35.9 Å². The average molecular weight is 274 g/mol. The first-order valence-corrected chi connectivity index (χ1v) is 7.11. The van der Waals surface area contributed by atoms with Gasteiger partial charge in [-0.05, 0) is 19.1 Å². The zero-order valence-electron chi connectivity index (χ0n) is 12.3. The maximum Gasteiger partial charge on any atom is 0.196 e. The van der Waals surface area contributed by atoms with Crippen molar-refractivity contribution >= 4 is 0 Å². The Kier molecular flexibility index (Phi) is 5.18. The molecule has 4 heteroatoms. The van der Waals surface area contributed by atoms with Gasteiger partial charge in [-0.15, -0.1) is 0 Å². The molecule has 0 bridgehead atoms. The summed E-state index contributed by atoms with van der Waals surface area (Å²) < 4.78 is 11.4. The lowest BCUT2D eigenvalue weighted by Crippen LogP contribution is -2.24. The maximum atomic E-state index is 5.81. The summed E-state index contributed by atoms with van der Waals surface area (Å²) in [6.45, 7) is 7.72. The van der Waals surface area contributed by atoms with Crippen LogP contribution in [0.1, 0.15) is 26.7 Å². The second-order valence-electron chi connectivity index (χ2n) is 4.91. The van der Waals surface area contributed by atoms with Crippen molar-refractivity contribution in [2.45, 2.75) is 33.2 Å². The van der Waals surface area contributed by atoms with E-state index in [4.69, 9.17) is 9.15 Å². The zero-order valence-corrected chi connectivity index (χ0v) is 12.3. The van der Waals surface area contributed by atoms with Crippen molar-refractivity contribution in [3.05, 3.63) is 36.4 Å². The normalized spacial score (nSPS) is 11.0. The summed E-state index contributed by atoms with van der Waals surface area (Å²) in [6, 6.07) is 8.34. The minimum absolute atomic E-state index is 0.475. The van der Waals surface area contributed by atoms with Crippen LogP contribution in [0.15, 0.2) is 34.9 Å². The van der Waals surface area contributed by atoms with Crippen LogP contribution >= 0.6 is 0 Å². The molecule has 0 aliphatic rings. The van der Waals surface area contributed by atoms with Crippen molar-refractivity contribution in [2.75, 3.05) is 13.2 Å². The number of hydrogen-bond donors (Lipinski definition) is 1. The minimum atomic E-state index is 0.475. The largest absolute Gasteiger partial charge is 0.493 e. The quantitative estimate of drug-likeness (QED) is 0.841. The molecule has 0 fully saturated rings. The van der Waals surface area contributed by atoms with Crippen LogP contribution in [0.5, 0.6) is 5.75 Å². The molecule has 108 valence electrons. The van der Waals surface area contributed by atoms with E-state index < -0.39 is 0 Å². The van der Waals surface area contributed by atoms with Crippen LogP contribution < -0.4 is 10.1 Å². The average Bonchev–Trinajstić information content (AvgIpc) is 2.88. The summed E-state index contributed by atoms with van der Waals surface area (Å²) >= 11 is 0. The van der Waals surface area contributed by atoms with Crippen LogP contribution in [0.3, 0.4) is 0 Å². The lowest BCUT2D eigenvalue weighted by atomic mass is 10.1. The van der Waals surface area contributed by atoms with Crippen molar-refractivity contribution in [2.24, 2.45) is 0 Å². The van der Waals surface area contributed by atoms with E-state index >= 15 is 0 Å². The number of rotatable bonds is 7. The van der Waals surface area contributed by atoms with Gasteiger partial charge in [0.25, 0.3) is 0 Å². The van der Waals surface area contributed by atoms with E-state index in [1.165, 1.54) is 0 Å². The smallest absolute Gasteiger partial charge is 0.196 e. The molecule has 20 heavy (non-hydrogen) atoms. The molecule has 2 rings (SSSR count). The third kappa shape index (κ3) is 3.84. The molecule has 1 heterocycles. The number of oxazole rings is 1. The van der Waals surface area contributed by atoms with Gasteiger partial charge >= 0.3 is 0 Å². The van der Waals surface area contributed by atoms with Crippen LogP contribution in [0.4, 0.5) is 0 Å².